The van der Waals surface area contributed by atoms with E-state index in [0.717, 1.165) is 56.7 Å². The van der Waals surface area contributed by atoms with Crippen LogP contribution in [-0.4, -0.2) is 87.4 Å². The summed E-state index contributed by atoms with van der Waals surface area (Å²) in [4.78, 5) is 9.40. The van der Waals surface area contributed by atoms with Gasteiger partial charge in [0.2, 0.25) is 0 Å². The van der Waals surface area contributed by atoms with E-state index in [-0.39, 0.29) is 29.5 Å². The topological polar surface area (TPSA) is 61.4 Å². The van der Waals surface area contributed by atoms with Gasteiger partial charge in [0.15, 0.2) is 5.96 Å². The highest BCUT2D eigenvalue weighted by molar-refractivity contribution is 14.0. The minimum absolute atomic E-state index is 0. The van der Waals surface area contributed by atoms with Crippen molar-refractivity contribution < 1.29 is 9.47 Å². The van der Waals surface area contributed by atoms with Crippen molar-refractivity contribution in [3.05, 3.63) is 29.8 Å². The van der Waals surface area contributed by atoms with Gasteiger partial charge in [-0.2, -0.15) is 0 Å². The predicted molar refractivity (Wildman–Crippen MR) is 142 cm³/mol. The molecule has 2 saturated heterocycles. The quantitative estimate of drug-likeness (QED) is 0.276. The van der Waals surface area contributed by atoms with Gasteiger partial charge >= 0.3 is 0 Å². The van der Waals surface area contributed by atoms with Crippen LogP contribution in [-0.2, 0) is 11.3 Å². The molecule has 182 valence electrons. The van der Waals surface area contributed by atoms with E-state index in [0.29, 0.717) is 13.2 Å². The van der Waals surface area contributed by atoms with Crippen molar-refractivity contribution in [2.45, 2.75) is 45.2 Å². The van der Waals surface area contributed by atoms with E-state index in [2.05, 4.69) is 51.4 Å². The molecule has 32 heavy (non-hydrogen) atoms. The number of ether oxygens (including phenoxy) is 2. The number of rotatable bonds is 9. The largest absolute Gasteiger partial charge is 0.492 e. The van der Waals surface area contributed by atoms with Crippen molar-refractivity contribution in [3.8, 4) is 5.75 Å². The van der Waals surface area contributed by atoms with Gasteiger partial charge in [-0.15, -0.1) is 24.0 Å². The molecule has 0 aliphatic carbocycles. The summed E-state index contributed by atoms with van der Waals surface area (Å²) in [5, 5.41) is 6.98. The Labute approximate surface area is 211 Å². The lowest BCUT2D eigenvalue weighted by molar-refractivity contribution is 0.0322. The van der Waals surface area contributed by atoms with E-state index in [1.807, 2.05) is 19.2 Å². The Morgan fingerprint density at radius 3 is 2.50 bits per heavy atom. The number of nitrogens with zero attached hydrogens (tertiary/aromatic N) is 3. The first kappa shape index (κ1) is 27.1. The number of benzene rings is 1. The van der Waals surface area contributed by atoms with Gasteiger partial charge in [-0.05, 0) is 45.8 Å². The summed E-state index contributed by atoms with van der Waals surface area (Å²) >= 11 is 0. The van der Waals surface area contributed by atoms with Crippen LogP contribution in [0.1, 0.15) is 38.7 Å². The zero-order chi connectivity index (χ0) is 21.9. The molecule has 2 aliphatic rings. The molecule has 2 N–H and O–H groups in total. The normalized spacial score (nSPS) is 18.7. The third kappa shape index (κ3) is 8.68. The number of para-hydroxylation sites is 1. The van der Waals surface area contributed by atoms with Crippen LogP contribution in [0.3, 0.4) is 0 Å². The van der Waals surface area contributed by atoms with Crippen LogP contribution in [0.15, 0.2) is 29.3 Å². The second-order valence-electron chi connectivity index (χ2n) is 9.05. The summed E-state index contributed by atoms with van der Waals surface area (Å²) in [6, 6.07) is 8.25. The number of morpholine rings is 1. The van der Waals surface area contributed by atoms with E-state index in [1.165, 1.54) is 32.4 Å². The summed E-state index contributed by atoms with van der Waals surface area (Å²) < 4.78 is 11.5. The zero-order valence-electron chi connectivity index (χ0n) is 20.1. The molecule has 7 nitrogen and oxygen atoms in total. The molecule has 0 atom stereocenters. The van der Waals surface area contributed by atoms with Crippen LogP contribution in [0, 0.1) is 0 Å². The summed E-state index contributed by atoms with van der Waals surface area (Å²) in [6.45, 7) is 13.8. The molecule has 0 radical (unpaired) electrons. The molecule has 2 aliphatic heterocycles. The Morgan fingerprint density at radius 1 is 1.06 bits per heavy atom. The maximum absolute atomic E-state index is 6.11. The fraction of sp³-hybridized carbons (Fsp3) is 0.708. The van der Waals surface area contributed by atoms with Gasteiger partial charge < -0.3 is 20.1 Å². The van der Waals surface area contributed by atoms with Crippen molar-refractivity contribution in [3.63, 3.8) is 0 Å². The average molecular weight is 560 g/mol. The second kappa shape index (κ2) is 14.2. The molecular formula is C24H42IN5O2. The monoisotopic (exact) mass is 559 g/mol. The first-order valence-corrected chi connectivity index (χ1v) is 11.8. The summed E-state index contributed by atoms with van der Waals surface area (Å²) in [7, 11) is 1.83. The van der Waals surface area contributed by atoms with Gasteiger partial charge in [0.25, 0.3) is 0 Å². The number of halogens is 1. The molecule has 1 aromatic rings. The van der Waals surface area contributed by atoms with E-state index < -0.39 is 0 Å². The molecule has 1 aromatic carbocycles. The molecule has 0 bridgehead atoms. The molecule has 0 aromatic heterocycles. The highest BCUT2D eigenvalue weighted by atomic mass is 127. The Kier molecular flexibility index (Phi) is 12.1. The van der Waals surface area contributed by atoms with Crippen molar-refractivity contribution >= 4 is 29.9 Å². The van der Waals surface area contributed by atoms with Crippen LogP contribution >= 0.6 is 24.0 Å². The number of likely N-dealkylation sites (tertiary alicyclic amines) is 1. The van der Waals surface area contributed by atoms with Gasteiger partial charge in [0.05, 0.1) is 13.2 Å². The van der Waals surface area contributed by atoms with Crippen LogP contribution in [0.25, 0.3) is 0 Å². The number of guanidine groups is 1. The van der Waals surface area contributed by atoms with Crippen molar-refractivity contribution in [1.82, 2.24) is 20.4 Å². The summed E-state index contributed by atoms with van der Waals surface area (Å²) in [6.07, 6.45) is 3.97. The van der Waals surface area contributed by atoms with E-state index >= 15 is 0 Å². The fourth-order valence-electron chi connectivity index (χ4n) is 4.21. The van der Waals surface area contributed by atoms with Crippen molar-refractivity contribution in [2.75, 3.05) is 66.1 Å². The third-order valence-electron chi connectivity index (χ3n) is 6.31. The molecular weight excluding hydrogens is 517 g/mol. The Morgan fingerprint density at radius 2 is 1.78 bits per heavy atom. The van der Waals surface area contributed by atoms with Crippen LogP contribution in [0.5, 0.6) is 5.75 Å². The molecule has 2 fully saturated rings. The summed E-state index contributed by atoms with van der Waals surface area (Å²) in [5.41, 5.74) is 1.25. The SMILES string of the molecule is CN=C(NCc1ccccc1OCCN1CCOCC1)NCC(C)(C)N1CCCCC1.I. The second-order valence-corrected chi connectivity index (χ2v) is 9.05. The van der Waals surface area contributed by atoms with Crippen LogP contribution in [0.2, 0.25) is 0 Å². The standard InChI is InChI=1S/C24H41N5O2.HI/c1-24(2,29-11-7-4-8-12-29)20-27-23(25-3)26-19-21-9-5-6-10-22(21)31-18-15-28-13-16-30-17-14-28;/h5-6,9-10H,4,7-8,11-20H2,1-3H3,(H2,25,26,27);1H. The van der Waals surface area contributed by atoms with Crippen molar-refractivity contribution in [2.24, 2.45) is 4.99 Å². The molecule has 0 unspecified atom stereocenters. The molecule has 2 heterocycles. The van der Waals surface area contributed by atoms with Crippen LogP contribution in [0.4, 0.5) is 0 Å². The zero-order valence-corrected chi connectivity index (χ0v) is 22.4. The van der Waals surface area contributed by atoms with Gasteiger partial charge in [0.1, 0.15) is 12.4 Å². The maximum atomic E-state index is 6.11. The highest BCUT2D eigenvalue weighted by Gasteiger charge is 2.27. The summed E-state index contributed by atoms with van der Waals surface area (Å²) in [5.74, 6) is 1.76. The lowest BCUT2D eigenvalue weighted by Crippen LogP contribution is -2.54. The predicted octanol–water partition coefficient (Wildman–Crippen LogP) is 2.95. The average Bonchev–Trinajstić information content (AvgIpc) is 2.81. The van der Waals surface area contributed by atoms with Gasteiger partial charge in [0, 0.05) is 50.9 Å². The van der Waals surface area contributed by atoms with E-state index in [9.17, 15) is 0 Å². The number of hydrogen-bond donors (Lipinski definition) is 2. The molecule has 3 rings (SSSR count). The lowest BCUT2D eigenvalue weighted by atomic mass is 9.98. The highest BCUT2D eigenvalue weighted by Crippen LogP contribution is 2.20. The number of nitrogens with one attached hydrogen (secondary N) is 2. The maximum Gasteiger partial charge on any atom is 0.191 e. The molecule has 0 amide bonds. The number of piperidine rings is 1. The first-order valence-electron chi connectivity index (χ1n) is 11.8. The Hall–Kier alpha value is -1.10. The lowest BCUT2D eigenvalue weighted by Gasteiger charge is -2.41. The number of hydrogen-bond acceptors (Lipinski definition) is 5. The third-order valence-corrected chi connectivity index (χ3v) is 6.31. The van der Waals surface area contributed by atoms with E-state index in [1.54, 1.807) is 0 Å². The fourth-order valence-corrected chi connectivity index (χ4v) is 4.21. The van der Waals surface area contributed by atoms with Gasteiger partial charge in [-0.3, -0.25) is 14.8 Å². The van der Waals surface area contributed by atoms with Crippen molar-refractivity contribution in [1.29, 1.82) is 0 Å². The Balaban J connectivity index is 0.00000363. The minimum Gasteiger partial charge on any atom is -0.492 e. The Bertz CT molecular complexity index is 689. The molecule has 8 heteroatoms. The minimum atomic E-state index is 0. The smallest absolute Gasteiger partial charge is 0.191 e. The molecule has 0 spiro atoms. The van der Waals surface area contributed by atoms with Gasteiger partial charge in [-0.1, -0.05) is 24.6 Å². The van der Waals surface area contributed by atoms with E-state index in [4.69, 9.17) is 9.47 Å². The van der Waals surface area contributed by atoms with Gasteiger partial charge in [-0.25, -0.2) is 0 Å². The molecule has 0 saturated carbocycles. The van der Waals surface area contributed by atoms with Crippen LogP contribution < -0.4 is 15.4 Å². The first-order chi connectivity index (χ1) is 15.1. The number of aliphatic imine (C=N–C) groups is 1.